The van der Waals surface area contributed by atoms with Crippen LogP contribution in [0.15, 0.2) is 4.52 Å². The summed E-state index contributed by atoms with van der Waals surface area (Å²) >= 11 is 0. The Morgan fingerprint density at radius 2 is 2.24 bits per heavy atom. The van der Waals surface area contributed by atoms with Crippen molar-refractivity contribution < 1.29 is 17.7 Å². The average molecular weight is 315 g/mol. The Labute approximate surface area is 124 Å². The molecule has 2 aliphatic heterocycles. The SMILES string of the molecule is CCCNC1COCC1c1nc(C2CCS(=O)(=O)C2)no1. The highest BCUT2D eigenvalue weighted by atomic mass is 32.2. The van der Waals surface area contributed by atoms with Crippen molar-refractivity contribution in [2.24, 2.45) is 0 Å². The molecule has 21 heavy (non-hydrogen) atoms. The molecule has 0 bridgehead atoms. The summed E-state index contributed by atoms with van der Waals surface area (Å²) in [6, 6.07) is 0.186. The van der Waals surface area contributed by atoms with Gasteiger partial charge in [0.2, 0.25) is 5.89 Å². The molecular weight excluding hydrogens is 294 g/mol. The highest BCUT2D eigenvalue weighted by Gasteiger charge is 2.36. The lowest BCUT2D eigenvalue weighted by molar-refractivity contribution is 0.184. The molecule has 7 nitrogen and oxygen atoms in total. The summed E-state index contributed by atoms with van der Waals surface area (Å²) in [6.45, 7) is 4.24. The van der Waals surface area contributed by atoms with Crippen LogP contribution < -0.4 is 5.32 Å². The molecule has 0 aromatic carbocycles. The molecule has 0 radical (unpaired) electrons. The van der Waals surface area contributed by atoms with Crippen LogP contribution in [-0.4, -0.2) is 55.9 Å². The van der Waals surface area contributed by atoms with E-state index in [9.17, 15) is 8.42 Å². The Balaban J connectivity index is 1.70. The summed E-state index contributed by atoms with van der Waals surface area (Å²) in [6.07, 6.45) is 1.64. The molecule has 0 saturated carbocycles. The summed E-state index contributed by atoms with van der Waals surface area (Å²) in [5.74, 6) is 1.35. The number of sulfone groups is 1. The lowest BCUT2D eigenvalue weighted by atomic mass is 10.0. The van der Waals surface area contributed by atoms with Crippen LogP contribution in [0.3, 0.4) is 0 Å². The van der Waals surface area contributed by atoms with Crippen molar-refractivity contribution in [2.45, 2.75) is 37.6 Å². The number of aromatic nitrogens is 2. The van der Waals surface area contributed by atoms with Crippen LogP contribution in [0.1, 0.15) is 43.3 Å². The number of hydrogen-bond acceptors (Lipinski definition) is 7. The van der Waals surface area contributed by atoms with Crippen LogP contribution in [-0.2, 0) is 14.6 Å². The lowest BCUT2D eigenvalue weighted by Gasteiger charge is -2.15. The lowest BCUT2D eigenvalue weighted by Crippen LogP contribution is -2.35. The molecule has 3 atom stereocenters. The van der Waals surface area contributed by atoms with E-state index in [0.717, 1.165) is 13.0 Å². The van der Waals surface area contributed by atoms with Crippen LogP contribution >= 0.6 is 0 Å². The van der Waals surface area contributed by atoms with Gasteiger partial charge in [0.15, 0.2) is 15.7 Å². The molecule has 8 heteroatoms. The van der Waals surface area contributed by atoms with E-state index >= 15 is 0 Å². The Bertz CT molecular complexity index is 586. The van der Waals surface area contributed by atoms with Gasteiger partial charge in [-0.1, -0.05) is 12.1 Å². The Morgan fingerprint density at radius 3 is 2.95 bits per heavy atom. The average Bonchev–Trinajstić information content (AvgIpc) is 3.14. The normalized spacial score (nSPS) is 31.8. The number of rotatable bonds is 5. The van der Waals surface area contributed by atoms with E-state index in [4.69, 9.17) is 9.26 Å². The fourth-order valence-corrected chi connectivity index (χ4v) is 4.63. The molecular formula is C13H21N3O4S. The molecule has 0 amide bonds. The topological polar surface area (TPSA) is 94.3 Å². The molecule has 1 N–H and O–H groups in total. The number of nitrogens with zero attached hydrogens (tertiary/aromatic N) is 2. The minimum atomic E-state index is -2.93. The maximum absolute atomic E-state index is 11.5. The summed E-state index contributed by atoms with van der Waals surface area (Å²) in [7, 11) is -2.93. The monoisotopic (exact) mass is 315 g/mol. The summed E-state index contributed by atoms with van der Waals surface area (Å²) < 4.78 is 33.9. The van der Waals surface area contributed by atoms with Gasteiger partial charge in [0.05, 0.1) is 30.6 Å². The van der Waals surface area contributed by atoms with E-state index in [1.807, 2.05) is 0 Å². The Hall–Kier alpha value is -0.990. The smallest absolute Gasteiger partial charge is 0.233 e. The number of ether oxygens (including phenoxy) is 1. The standard InChI is InChI=1S/C13H21N3O4S/c1-2-4-14-11-7-19-6-10(11)13-15-12(16-20-13)9-3-5-21(17,18)8-9/h9-11,14H,2-8H2,1H3. The van der Waals surface area contributed by atoms with Crippen molar-refractivity contribution in [3.8, 4) is 0 Å². The number of nitrogens with one attached hydrogen (secondary N) is 1. The summed E-state index contributed by atoms with van der Waals surface area (Å²) in [5, 5.41) is 7.41. The summed E-state index contributed by atoms with van der Waals surface area (Å²) in [5.41, 5.74) is 0. The van der Waals surface area contributed by atoms with Crippen LogP contribution in [0.4, 0.5) is 0 Å². The highest BCUT2D eigenvalue weighted by Crippen LogP contribution is 2.30. The van der Waals surface area contributed by atoms with E-state index in [1.54, 1.807) is 0 Å². The quantitative estimate of drug-likeness (QED) is 0.843. The molecule has 3 heterocycles. The maximum Gasteiger partial charge on any atom is 0.233 e. The first-order valence-corrected chi connectivity index (χ1v) is 9.26. The first kappa shape index (κ1) is 14.9. The van der Waals surface area contributed by atoms with Gasteiger partial charge in [0.25, 0.3) is 0 Å². The van der Waals surface area contributed by atoms with Crippen LogP contribution in [0.25, 0.3) is 0 Å². The zero-order chi connectivity index (χ0) is 14.9. The van der Waals surface area contributed by atoms with Crippen molar-refractivity contribution >= 4 is 9.84 Å². The molecule has 3 unspecified atom stereocenters. The predicted octanol–water partition coefficient (Wildman–Crippen LogP) is 0.454. The van der Waals surface area contributed by atoms with Gasteiger partial charge in [-0.2, -0.15) is 4.98 Å². The molecule has 2 aliphatic rings. The second kappa shape index (κ2) is 6.02. The van der Waals surface area contributed by atoms with E-state index in [0.29, 0.717) is 31.3 Å². The van der Waals surface area contributed by atoms with Crippen molar-refractivity contribution in [1.29, 1.82) is 0 Å². The Kier molecular flexibility index (Phi) is 4.28. The zero-order valence-corrected chi connectivity index (χ0v) is 12.9. The van der Waals surface area contributed by atoms with E-state index in [1.165, 1.54) is 0 Å². The minimum absolute atomic E-state index is 0.0517. The van der Waals surface area contributed by atoms with Gasteiger partial charge in [0.1, 0.15) is 0 Å². The molecule has 0 spiro atoms. The van der Waals surface area contributed by atoms with E-state index in [2.05, 4.69) is 22.4 Å². The summed E-state index contributed by atoms with van der Waals surface area (Å²) in [4.78, 5) is 4.44. The van der Waals surface area contributed by atoms with Crippen molar-refractivity contribution in [1.82, 2.24) is 15.5 Å². The molecule has 1 aromatic heterocycles. The van der Waals surface area contributed by atoms with Crippen molar-refractivity contribution in [2.75, 3.05) is 31.3 Å². The van der Waals surface area contributed by atoms with Gasteiger partial charge in [0, 0.05) is 12.0 Å². The van der Waals surface area contributed by atoms with Crippen LogP contribution in [0.5, 0.6) is 0 Å². The van der Waals surface area contributed by atoms with Gasteiger partial charge in [-0.05, 0) is 19.4 Å². The van der Waals surface area contributed by atoms with E-state index < -0.39 is 9.84 Å². The van der Waals surface area contributed by atoms with Gasteiger partial charge in [-0.15, -0.1) is 0 Å². The van der Waals surface area contributed by atoms with Crippen LogP contribution in [0.2, 0.25) is 0 Å². The highest BCUT2D eigenvalue weighted by molar-refractivity contribution is 7.91. The largest absolute Gasteiger partial charge is 0.379 e. The second-order valence-corrected chi connectivity index (χ2v) is 8.02. The Morgan fingerprint density at radius 1 is 1.38 bits per heavy atom. The third-order valence-corrected chi connectivity index (χ3v) is 5.88. The second-order valence-electron chi connectivity index (χ2n) is 5.80. The van der Waals surface area contributed by atoms with Gasteiger partial charge in [-0.25, -0.2) is 8.42 Å². The first-order valence-electron chi connectivity index (χ1n) is 7.44. The van der Waals surface area contributed by atoms with Gasteiger partial charge < -0.3 is 14.6 Å². The first-order chi connectivity index (χ1) is 10.1. The van der Waals surface area contributed by atoms with Gasteiger partial charge >= 0.3 is 0 Å². The molecule has 2 fully saturated rings. The maximum atomic E-state index is 11.5. The van der Waals surface area contributed by atoms with Crippen molar-refractivity contribution in [3.63, 3.8) is 0 Å². The zero-order valence-electron chi connectivity index (χ0n) is 12.1. The molecule has 3 rings (SSSR count). The predicted molar refractivity (Wildman–Crippen MR) is 76.0 cm³/mol. The third kappa shape index (κ3) is 3.27. The molecule has 0 aliphatic carbocycles. The number of hydrogen-bond donors (Lipinski definition) is 1. The molecule has 1 aromatic rings. The molecule has 2 saturated heterocycles. The fourth-order valence-electron chi connectivity index (χ4n) is 2.89. The fraction of sp³-hybridized carbons (Fsp3) is 0.846. The third-order valence-electron chi connectivity index (χ3n) is 4.11. The molecule has 118 valence electrons. The van der Waals surface area contributed by atoms with Crippen LogP contribution in [0, 0.1) is 0 Å². The van der Waals surface area contributed by atoms with Gasteiger partial charge in [-0.3, -0.25) is 0 Å². The van der Waals surface area contributed by atoms with Crippen molar-refractivity contribution in [3.05, 3.63) is 11.7 Å². The minimum Gasteiger partial charge on any atom is -0.379 e. The van der Waals surface area contributed by atoms with E-state index in [-0.39, 0.29) is 29.4 Å².